The Morgan fingerprint density at radius 1 is 1.12 bits per heavy atom. The van der Waals surface area contributed by atoms with E-state index in [-0.39, 0.29) is 5.75 Å². The minimum Gasteiger partial charge on any atom is -0.507 e. The fraction of sp³-hybridized carbons (Fsp3) is 0.0714. The van der Waals surface area contributed by atoms with Crippen molar-refractivity contribution in [3.05, 3.63) is 54.4 Å². The number of fused-ring (bicyclic) bond motifs is 1. The lowest BCUT2D eigenvalue weighted by Gasteiger charge is -2.04. The Labute approximate surface area is 99.0 Å². The van der Waals surface area contributed by atoms with Crippen molar-refractivity contribution in [2.45, 2.75) is 6.92 Å². The van der Waals surface area contributed by atoms with Crippen LogP contribution in [0.15, 0.2) is 48.8 Å². The average molecular weight is 224 g/mol. The lowest BCUT2D eigenvalue weighted by atomic mass is 10.2. The number of aromatic nitrogens is 2. The number of rotatable bonds is 1. The molecule has 1 N–H and O–H groups in total. The highest BCUT2D eigenvalue weighted by Gasteiger charge is 2.09. The molecule has 3 aromatic rings. The van der Waals surface area contributed by atoms with Gasteiger partial charge < -0.3 is 5.11 Å². The van der Waals surface area contributed by atoms with E-state index in [1.807, 2.05) is 41.8 Å². The van der Waals surface area contributed by atoms with Crippen LogP contribution >= 0.6 is 0 Å². The van der Waals surface area contributed by atoms with Crippen molar-refractivity contribution in [3.63, 3.8) is 0 Å². The summed E-state index contributed by atoms with van der Waals surface area (Å²) in [5.41, 5.74) is 2.93. The summed E-state index contributed by atoms with van der Waals surface area (Å²) in [4.78, 5) is 4.37. The van der Waals surface area contributed by atoms with Crippen LogP contribution in [0.25, 0.3) is 16.9 Å². The summed E-state index contributed by atoms with van der Waals surface area (Å²) in [7, 11) is 0. The molecule has 0 aliphatic carbocycles. The molecule has 3 nitrogen and oxygen atoms in total. The predicted octanol–water partition coefficient (Wildman–Crippen LogP) is 3.02. The number of nitrogens with zero attached hydrogens (tertiary/aromatic N) is 2. The highest BCUT2D eigenvalue weighted by molar-refractivity contribution is 5.68. The smallest absolute Gasteiger partial charge is 0.148 e. The molecule has 2 aromatic heterocycles. The summed E-state index contributed by atoms with van der Waals surface area (Å²) < 4.78 is 1.99. The number of aromatic hydroxyl groups is 1. The van der Waals surface area contributed by atoms with Crippen molar-refractivity contribution in [2.24, 2.45) is 0 Å². The number of pyridine rings is 1. The number of benzene rings is 1. The second-order valence-electron chi connectivity index (χ2n) is 4.10. The van der Waals surface area contributed by atoms with E-state index in [2.05, 4.69) is 4.98 Å². The number of imidazole rings is 1. The van der Waals surface area contributed by atoms with Gasteiger partial charge in [-0.25, -0.2) is 4.98 Å². The third-order valence-electron chi connectivity index (χ3n) is 2.82. The molecule has 0 saturated heterocycles. The summed E-state index contributed by atoms with van der Waals surface area (Å²) >= 11 is 0. The summed E-state index contributed by atoms with van der Waals surface area (Å²) in [6.45, 7) is 2.04. The Balaban J connectivity index is 2.31. The maximum Gasteiger partial charge on any atom is 0.148 e. The first-order valence-corrected chi connectivity index (χ1v) is 5.48. The van der Waals surface area contributed by atoms with Gasteiger partial charge >= 0.3 is 0 Å². The van der Waals surface area contributed by atoms with Crippen molar-refractivity contribution in [2.75, 3.05) is 0 Å². The average Bonchev–Trinajstić information content (AvgIpc) is 2.72. The Hall–Kier alpha value is -2.29. The van der Waals surface area contributed by atoms with Crippen LogP contribution in [0.5, 0.6) is 5.75 Å². The van der Waals surface area contributed by atoms with Gasteiger partial charge in [0.25, 0.3) is 0 Å². The van der Waals surface area contributed by atoms with E-state index >= 15 is 0 Å². The van der Waals surface area contributed by atoms with E-state index in [0.717, 1.165) is 22.5 Å². The quantitative estimate of drug-likeness (QED) is 0.690. The van der Waals surface area contributed by atoms with Gasteiger partial charge in [0.15, 0.2) is 0 Å². The maximum atomic E-state index is 9.86. The molecule has 0 saturated carbocycles. The van der Waals surface area contributed by atoms with Crippen molar-refractivity contribution < 1.29 is 5.11 Å². The molecule has 0 aliphatic rings. The summed E-state index contributed by atoms with van der Waals surface area (Å²) in [6.07, 6.45) is 3.82. The molecule has 0 fully saturated rings. The minimum absolute atomic E-state index is 0.251. The van der Waals surface area contributed by atoms with E-state index in [1.165, 1.54) is 0 Å². The van der Waals surface area contributed by atoms with Crippen LogP contribution < -0.4 is 0 Å². The topological polar surface area (TPSA) is 37.5 Å². The third kappa shape index (κ3) is 1.56. The van der Waals surface area contributed by atoms with E-state index in [9.17, 15) is 5.11 Å². The first-order valence-electron chi connectivity index (χ1n) is 5.48. The molecule has 2 heterocycles. The van der Waals surface area contributed by atoms with Gasteiger partial charge in [-0.3, -0.25) is 4.40 Å². The van der Waals surface area contributed by atoms with E-state index < -0.39 is 0 Å². The first kappa shape index (κ1) is 9.90. The van der Waals surface area contributed by atoms with Crippen LogP contribution in [0.3, 0.4) is 0 Å². The molecule has 0 radical (unpaired) electrons. The molecule has 3 heteroatoms. The lowest BCUT2D eigenvalue weighted by molar-refractivity contribution is 0.477. The SMILES string of the molecule is Cc1ccc2cnc(-c3ccccc3O)n2c1. The molecule has 1 aromatic carbocycles. The largest absolute Gasteiger partial charge is 0.507 e. The molecule has 0 bridgehead atoms. The molecule has 0 amide bonds. The number of para-hydroxylation sites is 1. The van der Waals surface area contributed by atoms with Crippen LogP contribution in [-0.2, 0) is 0 Å². The highest BCUT2D eigenvalue weighted by Crippen LogP contribution is 2.28. The lowest BCUT2D eigenvalue weighted by Crippen LogP contribution is -1.90. The normalized spacial score (nSPS) is 10.9. The molecule has 0 unspecified atom stereocenters. The van der Waals surface area contributed by atoms with Crippen LogP contribution in [0.4, 0.5) is 0 Å². The van der Waals surface area contributed by atoms with E-state index in [4.69, 9.17) is 0 Å². The second kappa shape index (κ2) is 3.63. The monoisotopic (exact) mass is 224 g/mol. The number of hydrogen-bond donors (Lipinski definition) is 1. The number of phenolic OH excluding ortho intramolecular Hbond substituents is 1. The second-order valence-corrected chi connectivity index (χ2v) is 4.10. The molecule has 84 valence electrons. The summed E-state index contributed by atoms with van der Waals surface area (Å²) in [5.74, 6) is 1.02. The van der Waals surface area contributed by atoms with Crippen LogP contribution in [-0.4, -0.2) is 14.5 Å². The zero-order chi connectivity index (χ0) is 11.8. The molecule has 17 heavy (non-hydrogen) atoms. The summed E-state index contributed by atoms with van der Waals surface area (Å²) in [6, 6.07) is 11.3. The summed E-state index contributed by atoms with van der Waals surface area (Å²) in [5, 5.41) is 9.86. The van der Waals surface area contributed by atoms with E-state index in [0.29, 0.717) is 0 Å². The predicted molar refractivity (Wildman–Crippen MR) is 67.0 cm³/mol. The first-order chi connectivity index (χ1) is 8.25. The van der Waals surface area contributed by atoms with E-state index in [1.54, 1.807) is 18.3 Å². The van der Waals surface area contributed by atoms with Crippen LogP contribution in [0, 0.1) is 6.92 Å². The molecular weight excluding hydrogens is 212 g/mol. The van der Waals surface area contributed by atoms with Gasteiger partial charge in [-0.2, -0.15) is 0 Å². The Morgan fingerprint density at radius 2 is 1.94 bits per heavy atom. The van der Waals surface area contributed by atoms with Gasteiger partial charge in [-0.1, -0.05) is 18.2 Å². The Morgan fingerprint density at radius 3 is 2.76 bits per heavy atom. The van der Waals surface area contributed by atoms with Crippen LogP contribution in [0.1, 0.15) is 5.56 Å². The fourth-order valence-corrected chi connectivity index (χ4v) is 1.96. The van der Waals surface area contributed by atoms with Gasteiger partial charge in [0.2, 0.25) is 0 Å². The minimum atomic E-state index is 0.251. The zero-order valence-corrected chi connectivity index (χ0v) is 9.46. The number of phenols is 1. The zero-order valence-electron chi connectivity index (χ0n) is 9.46. The molecule has 3 rings (SSSR count). The van der Waals surface area contributed by atoms with Gasteiger partial charge in [-0.05, 0) is 30.7 Å². The number of hydrogen-bond acceptors (Lipinski definition) is 2. The van der Waals surface area contributed by atoms with Crippen molar-refractivity contribution in [1.29, 1.82) is 0 Å². The molecule has 0 spiro atoms. The molecular formula is C14H12N2O. The van der Waals surface area contributed by atoms with Crippen molar-refractivity contribution in [1.82, 2.24) is 9.38 Å². The van der Waals surface area contributed by atoms with Crippen LogP contribution in [0.2, 0.25) is 0 Å². The standard InChI is InChI=1S/C14H12N2O/c1-10-6-7-11-8-15-14(16(11)9-10)12-4-2-3-5-13(12)17/h2-9,17H,1H3. The molecule has 0 atom stereocenters. The molecule has 0 aliphatic heterocycles. The Kier molecular flexibility index (Phi) is 2.11. The van der Waals surface area contributed by atoms with Gasteiger partial charge in [0, 0.05) is 6.20 Å². The van der Waals surface area contributed by atoms with Crippen molar-refractivity contribution in [3.8, 4) is 17.1 Å². The third-order valence-corrected chi connectivity index (χ3v) is 2.82. The highest BCUT2D eigenvalue weighted by atomic mass is 16.3. The van der Waals surface area contributed by atoms with Crippen molar-refractivity contribution >= 4 is 5.52 Å². The number of aryl methyl sites for hydroxylation is 1. The fourth-order valence-electron chi connectivity index (χ4n) is 1.96. The maximum absolute atomic E-state index is 9.86. The van der Waals surface area contributed by atoms with Gasteiger partial charge in [-0.15, -0.1) is 0 Å². The van der Waals surface area contributed by atoms with Gasteiger partial charge in [0.05, 0.1) is 17.3 Å². The van der Waals surface area contributed by atoms with Gasteiger partial charge in [0.1, 0.15) is 11.6 Å². The Bertz CT molecular complexity index is 686.